The van der Waals surface area contributed by atoms with Crippen LogP contribution in [0.2, 0.25) is 0 Å². The van der Waals surface area contributed by atoms with Crippen molar-refractivity contribution in [2.45, 2.75) is 88.4 Å². The molecule has 0 spiro atoms. The summed E-state index contributed by atoms with van der Waals surface area (Å²) in [7, 11) is 2.28. The lowest BCUT2D eigenvalue weighted by Crippen LogP contribution is -2.58. The van der Waals surface area contributed by atoms with E-state index < -0.39 is 0 Å². The second-order valence-corrected chi connectivity index (χ2v) is 8.12. The van der Waals surface area contributed by atoms with E-state index in [4.69, 9.17) is 0 Å². The maximum absolute atomic E-state index is 12.8. The van der Waals surface area contributed by atoms with Crippen LogP contribution >= 0.6 is 0 Å². The number of hydrogen-bond acceptors (Lipinski definition) is 2. The van der Waals surface area contributed by atoms with Crippen molar-refractivity contribution in [2.75, 3.05) is 13.6 Å². The van der Waals surface area contributed by atoms with Crippen molar-refractivity contribution in [3.8, 4) is 0 Å². The number of piperidine rings is 3. The molecule has 4 nitrogen and oxygen atoms in total. The van der Waals surface area contributed by atoms with Crippen LogP contribution < -0.4 is 5.32 Å². The normalized spacial score (nSPS) is 42.0. The van der Waals surface area contributed by atoms with Gasteiger partial charge in [-0.25, -0.2) is 4.79 Å². The molecule has 3 heterocycles. The van der Waals surface area contributed by atoms with Crippen LogP contribution in [0.4, 0.5) is 4.79 Å². The number of nitrogens with one attached hydrogen (secondary N) is 1. The van der Waals surface area contributed by atoms with Gasteiger partial charge in [-0.2, -0.15) is 0 Å². The van der Waals surface area contributed by atoms with Gasteiger partial charge in [-0.1, -0.05) is 12.8 Å². The monoisotopic (exact) mass is 305 g/mol. The fraction of sp³-hybridized carbons (Fsp3) is 0.944. The maximum Gasteiger partial charge on any atom is 0.317 e. The molecular weight excluding hydrogens is 274 g/mol. The Hall–Kier alpha value is -0.770. The van der Waals surface area contributed by atoms with Crippen molar-refractivity contribution in [3.05, 3.63) is 0 Å². The number of rotatable bonds is 1. The zero-order valence-electron chi connectivity index (χ0n) is 14.0. The van der Waals surface area contributed by atoms with Crippen molar-refractivity contribution in [1.82, 2.24) is 15.1 Å². The Bertz CT molecular complexity index is 413. The summed E-state index contributed by atoms with van der Waals surface area (Å²) >= 11 is 0. The predicted molar refractivity (Wildman–Crippen MR) is 87.8 cm³/mol. The average Bonchev–Trinajstić information content (AvgIpc) is 2.96. The second kappa shape index (κ2) is 6.03. The van der Waals surface area contributed by atoms with Gasteiger partial charge >= 0.3 is 6.03 Å². The van der Waals surface area contributed by atoms with E-state index in [1.54, 1.807) is 0 Å². The number of amides is 2. The summed E-state index contributed by atoms with van der Waals surface area (Å²) in [6.45, 7) is 0.979. The van der Waals surface area contributed by atoms with E-state index >= 15 is 0 Å². The van der Waals surface area contributed by atoms with Crippen molar-refractivity contribution in [2.24, 2.45) is 5.92 Å². The summed E-state index contributed by atoms with van der Waals surface area (Å²) in [5, 5.41) is 3.41. The van der Waals surface area contributed by atoms with Gasteiger partial charge in [-0.15, -0.1) is 0 Å². The number of fused-ring (bicyclic) bond motifs is 3. The molecule has 124 valence electrons. The molecule has 0 aromatic carbocycles. The molecule has 0 aromatic rings. The van der Waals surface area contributed by atoms with Crippen LogP contribution in [0.15, 0.2) is 0 Å². The van der Waals surface area contributed by atoms with Gasteiger partial charge in [0.1, 0.15) is 0 Å². The third-order valence-electron chi connectivity index (χ3n) is 6.92. The van der Waals surface area contributed by atoms with E-state index in [9.17, 15) is 4.79 Å². The highest BCUT2D eigenvalue weighted by Gasteiger charge is 2.40. The molecule has 1 aliphatic carbocycles. The summed E-state index contributed by atoms with van der Waals surface area (Å²) in [5.74, 6) is 0.788. The fourth-order valence-electron chi connectivity index (χ4n) is 5.70. The van der Waals surface area contributed by atoms with Crippen molar-refractivity contribution in [1.29, 1.82) is 0 Å². The SMILES string of the molecule is CN1[C@H]2CCC[C@H]1CC(NC(=O)N1CCC[C@H]3CCC[C@H]31)C2. The Balaban J connectivity index is 1.37. The highest BCUT2D eigenvalue weighted by molar-refractivity contribution is 5.75. The lowest BCUT2D eigenvalue weighted by atomic mass is 9.82. The van der Waals surface area contributed by atoms with Gasteiger partial charge in [0.2, 0.25) is 0 Å². The molecule has 1 N–H and O–H groups in total. The molecule has 4 aliphatic rings. The van der Waals surface area contributed by atoms with E-state index in [2.05, 4.69) is 22.2 Å². The molecule has 4 fully saturated rings. The minimum atomic E-state index is 0.240. The van der Waals surface area contributed by atoms with E-state index in [0.29, 0.717) is 24.2 Å². The van der Waals surface area contributed by atoms with Gasteiger partial charge in [0.15, 0.2) is 0 Å². The predicted octanol–water partition coefficient (Wildman–Crippen LogP) is 2.98. The first-order valence-electron chi connectivity index (χ1n) is 9.51. The summed E-state index contributed by atoms with van der Waals surface area (Å²) in [5.41, 5.74) is 0. The number of carbonyl (C=O) groups excluding carboxylic acids is 1. The van der Waals surface area contributed by atoms with Crippen molar-refractivity contribution >= 4 is 6.03 Å². The summed E-state index contributed by atoms with van der Waals surface area (Å²) < 4.78 is 0. The van der Waals surface area contributed by atoms with Crippen LogP contribution in [-0.2, 0) is 0 Å². The zero-order chi connectivity index (χ0) is 15.1. The average molecular weight is 305 g/mol. The molecule has 0 unspecified atom stereocenters. The Labute approximate surface area is 134 Å². The number of likely N-dealkylation sites (tertiary alicyclic amines) is 1. The molecule has 3 aliphatic heterocycles. The van der Waals surface area contributed by atoms with Gasteiger partial charge < -0.3 is 15.1 Å². The maximum atomic E-state index is 12.8. The number of nitrogens with zero attached hydrogens (tertiary/aromatic N) is 2. The topological polar surface area (TPSA) is 35.6 Å². The lowest BCUT2D eigenvalue weighted by molar-refractivity contribution is 0.0472. The van der Waals surface area contributed by atoms with Crippen LogP contribution in [0.5, 0.6) is 0 Å². The first-order valence-corrected chi connectivity index (χ1v) is 9.51. The van der Waals surface area contributed by atoms with Crippen LogP contribution in [-0.4, -0.2) is 53.6 Å². The minimum absolute atomic E-state index is 0.240. The van der Waals surface area contributed by atoms with Gasteiger partial charge in [0.25, 0.3) is 0 Å². The number of hydrogen-bond donors (Lipinski definition) is 1. The molecule has 4 rings (SSSR count). The Morgan fingerprint density at radius 2 is 1.64 bits per heavy atom. The smallest absolute Gasteiger partial charge is 0.317 e. The molecule has 0 aromatic heterocycles. The van der Waals surface area contributed by atoms with Crippen LogP contribution in [0.25, 0.3) is 0 Å². The Kier molecular flexibility index (Phi) is 4.05. The third-order valence-corrected chi connectivity index (χ3v) is 6.92. The molecule has 1 saturated carbocycles. The van der Waals surface area contributed by atoms with Gasteiger partial charge in [-0.05, 0) is 64.3 Å². The zero-order valence-corrected chi connectivity index (χ0v) is 14.0. The first kappa shape index (κ1) is 14.8. The molecular formula is C18H31N3O. The molecule has 2 amide bonds. The van der Waals surface area contributed by atoms with E-state index in [-0.39, 0.29) is 6.03 Å². The number of carbonyl (C=O) groups is 1. The highest BCUT2D eigenvalue weighted by Crippen LogP contribution is 2.37. The first-order chi connectivity index (χ1) is 10.7. The van der Waals surface area contributed by atoms with Crippen LogP contribution in [0.1, 0.15) is 64.2 Å². The Morgan fingerprint density at radius 1 is 0.955 bits per heavy atom. The summed E-state index contributed by atoms with van der Waals surface area (Å²) in [6.07, 6.45) is 12.7. The standard InChI is InChI=1S/C18H31N3O/c1-20-15-7-3-8-16(20)12-14(11-15)19-18(22)21-10-4-6-13-5-2-9-17(13)21/h13-17H,2-12H2,1H3,(H,19,22)/t13-,15+,16+,17-/m1/s1. The molecule has 4 atom stereocenters. The largest absolute Gasteiger partial charge is 0.335 e. The van der Waals surface area contributed by atoms with Crippen molar-refractivity contribution < 1.29 is 4.79 Å². The van der Waals surface area contributed by atoms with Crippen LogP contribution in [0.3, 0.4) is 0 Å². The second-order valence-electron chi connectivity index (χ2n) is 8.12. The quantitative estimate of drug-likeness (QED) is 0.808. The fourth-order valence-corrected chi connectivity index (χ4v) is 5.70. The van der Waals surface area contributed by atoms with E-state index in [1.165, 1.54) is 51.4 Å². The summed E-state index contributed by atoms with van der Waals surface area (Å²) in [6, 6.07) is 2.57. The van der Waals surface area contributed by atoms with Crippen LogP contribution in [0, 0.1) is 5.92 Å². The lowest BCUT2D eigenvalue weighted by Gasteiger charge is -2.47. The molecule has 22 heavy (non-hydrogen) atoms. The van der Waals surface area contributed by atoms with Gasteiger partial charge in [0, 0.05) is 30.7 Å². The third kappa shape index (κ3) is 2.64. The van der Waals surface area contributed by atoms with Crippen molar-refractivity contribution in [3.63, 3.8) is 0 Å². The molecule has 4 heteroatoms. The van der Waals surface area contributed by atoms with Gasteiger partial charge in [0.05, 0.1) is 0 Å². The minimum Gasteiger partial charge on any atom is -0.335 e. The Morgan fingerprint density at radius 3 is 2.41 bits per heavy atom. The summed E-state index contributed by atoms with van der Waals surface area (Å²) in [4.78, 5) is 17.6. The molecule has 0 radical (unpaired) electrons. The highest BCUT2D eigenvalue weighted by atomic mass is 16.2. The molecule has 2 bridgehead atoms. The van der Waals surface area contributed by atoms with E-state index in [0.717, 1.165) is 25.3 Å². The van der Waals surface area contributed by atoms with Gasteiger partial charge in [-0.3, -0.25) is 0 Å². The van der Waals surface area contributed by atoms with E-state index in [1.807, 2.05) is 0 Å². The molecule has 3 saturated heterocycles. The number of urea groups is 1.